The number of para-hydroxylation sites is 3. The Bertz CT molecular complexity index is 3240. The summed E-state index contributed by atoms with van der Waals surface area (Å²) in [6, 6.07) is 87.9. The highest BCUT2D eigenvalue weighted by atomic mass is 15.1. The van der Waals surface area contributed by atoms with E-state index in [9.17, 15) is 0 Å². The molecule has 1 heterocycles. The van der Waals surface area contributed by atoms with Crippen molar-refractivity contribution < 1.29 is 0 Å². The number of hydrogen-bond donors (Lipinski definition) is 0. The lowest BCUT2D eigenvalue weighted by atomic mass is 9.92. The van der Waals surface area contributed by atoms with Crippen molar-refractivity contribution >= 4 is 49.6 Å². The molecule has 10 aromatic carbocycles. The average Bonchev–Trinajstić information content (AvgIpc) is 3.67. The van der Waals surface area contributed by atoms with Crippen LogP contribution in [0.4, 0.5) is 17.1 Å². The van der Waals surface area contributed by atoms with Crippen molar-refractivity contribution in [1.82, 2.24) is 4.57 Å². The van der Waals surface area contributed by atoms with Gasteiger partial charge < -0.3 is 9.47 Å². The second kappa shape index (κ2) is 15.1. The van der Waals surface area contributed by atoms with E-state index in [1.54, 1.807) is 0 Å². The molecule has 0 aliphatic rings. The van der Waals surface area contributed by atoms with Gasteiger partial charge in [0, 0.05) is 33.4 Å². The van der Waals surface area contributed by atoms with Crippen molar-refractivity contribution in [3.05, 3.63) is 243 Å². The van der Waals surface area contributed by atoms with Crippen molar-refractivity contribution in [3.8, 4) is 50.2 Å². The average molecular weight is 765 g/mol. The largest absolute Gasteiger partial charge is 0.310 e. The van der Waals surface area contributed by atoms with Gasteiger partial charge in [0.1, 0.15) is 0 Å². The summed E-state index contributed by atoms with van der Waals surface area (Å²) in [5.74, 6) is 0. The molecule has 0 aliphatic carbocycles. The van der Waals surface area contributed by atoms with Gasteiger partial charge in [-0.3, -0.25) is 0 Å². The van der Waals surface area contributed by atoms with E-state index in [-0.39, 0.29) is 0 Å². The maximum absolute atomic E-state index is 2.43. The Hall–Kier alpha value is -7.94. The predicted octanol–water partition coefficient (Wildman–Crippen LogP) is 16.1. The SMILES string of the molecule is c1ccc(-c2ccc(N(c3ccc(-c4ccc5ccccc5c4)cc3)c3ccc(-c4ccccc4-n4c5ccccc5c5ccccc54)c(-c4ccccc4)c3)cc2)cc1. The predicted molar refractivity (Wildman–Crippen MR) is 255 cm³/mol. The molecule has 0 aliphatic heterocycles. The molecule has 0 spiro atoms. The molecule has 60 heavy (non-hydrogen) atoms. The fraction of sp³-hybridized carbons (Fsp3) is 0. The van der Waals surface area contributed by atoms with Gasteiger partial charge >= 0.3 is 0 Å². The van der Waals surface area contributed by atoms with Crippen molar-refractivity contribution in [3.63, 3.8) is 0 Å². The number of aromatic nitrogens is 1. The van der Waals surface area contributed by atoms with E-state index in [0.29, 0.717) is 0 Å². The molecule has 11 rings (SSSR count). The lowest BCUT2D eigenvalue weighted by Crippen LogP contribution is -2.10. The number of fused-ring (bicyclic) bond motifs is 4. The molecule has 0 saturated carbocycles. The van der Waals surface area contributed by atoms with Crippen LogP contribution in [0.2, 0.25) is 0 Å². The van der Waals surface area contributed by atoms with Crippen LogP contribution in [0.1, 0.15) is 0 Å². The van der Waals surface area contributed by atoms with E-state index in [4.69, 9.17) is 0 Å². The summed E-state index contributed by atoms with van der Waals surface area (Å²) in [7, 11) is 0. The smallest absolute Gasteiger partial charge is 0.0541 e. The van der Waals surface area contributed by atoms with Crippen LogP contribution >= 0.6 is 0 Å². The Morgan fingerprint density at radius 2 is 0.750 bits per heavy atom. The van der Waals surface area contributed by atoms with Gasteiger partial charge in [0.2, 0.25) is 0 Å². The molecule has 0 atom stereocenters. The number of rotatable bonds is 8. The molecule has 0 amide bonds. The minimum absolute atomic E-state index is 1.08. The van der Waals surface area contributed by atoms with E-state index in [2.05, 4.69) is 252 Å². The van der Waals surface area contributed by atoms with Crippen molar-refractivity contribution in [2.24, 2.45) is 0 Å². The number of benzene rings is 10. The third-order valence-corrected chi connectivity index (χ3v) is 11.8. The van der Waals surface area contributed by atoms with E-state index in [1.165, 1.54) is 71.5 Å². The summed E-state index contributed by atoms with van der Waals surface area (Å²) in [6.45, 7) is 0. The van der Waals surface area contributed by atoms with Crippen LogP contribution in [0, 0.1) is 0 Å². The van der Waals surface area contributed by atoms with E-state index in [1.807, 2.05) is 0 Å². The molecule has 11 aromatic rings. The van der Waals surface area contributed by atoms with E-state index in [0.717, 1.165) is 28.3 Å². The lowest BCUT2D eigenvalue weighted by molar-refractivity contribution is 1.18. The molecule has 0 unspecified atom stereocenters. The van der Waals surface area contributed by atoms with Crippen LogP contribution < -0.4 is 4.90 Å². The highest BCUT2D eigenvalue weighted by Crippen LogP contribution is 2.44. The maximum atomic E-state index is 2.43. The first-order valence-corrected chi connectivity index (χ1v) is 20.6. The number of anilines is 3. The Balaban J connectivity index is 1.08. The summed E-state index contributed by atoms with van der Waals surface area (Å²) in [5.41, 5.74) is 16.3. The number of hydrogen-bond acceptors (Lipinski definition) is 1. The second-order valence-corrected chi connectivity index (χ2v) is 15.3. The van der Waals surface area contributed by atoms with Gasteiger partial charge in [-0.15, -0.1) is 0 Å². The highest BCUT2D eigenvalue weighted by Gasteiger charge is 2.20. The molecule has 0 fully saturated rings. The monoisotopic (exact) mass is 764 g/mol. The van der Waals surface area contributed by atoms with Crippen LogP contribution in [0.3, 0.4) is 0 Å². The quantitative estimate of drug-likeness (QED) is 0.150. The molecular formula is C58H40N2. The van der Waals surface area contributed by atoms with Crippen molar-refractivity contribution in [2.45, 2.75) is 0 Å². The standard InChI is InChI=1S/C58H40N2/c1-3-15-41(16-4-1)43-29-33-48(34-30-43)59(49-35-31-44(32-36-49)47-28-27-42-17-7-8-20-46(42)39-47)50-37-38-51(55(40-50)45-18-5-2-6-19-45)52-21-9-12-24-56(52)60-57-25-13-10-22-53(57)54-23-11-14-26-58(54)60/h1-40H. The zero-order chi connectivity index (χ0) is 39.8. The summed E-state index contributed by atoms with van der Waals surface area (Å²) in [4.78, 5) is 2.38. The Kier molecular flexibility index (Phi) is 8.87. The molecule has 1 aromatic heterocycles. The lowest BCUT2D eigenvalue weighted by Gasteiger charge is -2.27. The van der Waals surface area contributed by atoms with Crippen LogP contribution in [-0.2, 0) is 0 Å². The maximum Gasteiger partial charge on any atom is 0.0541 e. The highest BCUT2D eigenvalue weighted by molar-refractivity contribution is 6.10. The van der Waals surface area contributed by atoms with Crippen LogP contribution in [0.15, 0.2) is 243 Å². The summed E-state index contributed by atoms with van der Waals surface area (Å²) < 4.78 is 2.43. The third kappa shape index (κ3) is 6.32. The first kappa shape index (κ1) is 35.2. The first-order valence-electron chi connectivity index (χ1n) is 20.6. The van der Waals surface area contributed by atoms with E-state index >= 15 is 0 Å². The summed E-state index contributed by atoms with van der Waals surface area (Å²) in [5, 5.41) is 5.00. The Morgan fingerprint density at radius 1 is 0.267 bits per heavy atom. The molecule has 0 saturated heterocycles. The van der Waals surface area contributed by atoms with Crippen LogP contribution in [-0.4, -0.2) is 4.57 Å². The molecule has 282 valence electrons. The second-order valence-electron chi connectivity index (χ2n) is 15.3. The fourth-order valence-electron chi connectivity index (χ4n) is 8.89. The third-order valence-electron chi connectivity index (χ3n) is 11.8. The summed E-state index contributed by atoms with van der Waals surface area (Å²) in [6.07, 6.45) is 0. The molecular weight excluding hydrogens is 725 g/mol. The van der Waals surface area contributed by atoms with Gasteiger partial charge in [-0.25, -0.2) is 0 Å². The van der Waals surface area contributed by atoms with Gasteiger partial charge in [-0.2, -0.15) is 0 Å². The minimum atomic E-state index is 1.08. The number of nitrogens with zero attached hydrogens (tertiary/aromatic N) is 2. The van der Waals surface area contributed by atoms with Crippen molar-refractivity contribution in [2.75, 3.05) is 4.90 Å². The minimum Gasteiger partial charge on any atom is -0.310 e. The van der Waals surface area contributed by atoms with Gasteiger partial charge in [0.25, 0.3) is 0 Å². The van der Waals surface area contributed by atoms with Crippen molar-refractivity contribution in [1.29, 1.82) is 0 Å². The zero-order valence-electron chi connectivity index (χ0n) is 33.0. The van der Waals surface area contributed by atoms with Crippen LogP contribution in [0.5, 0.6) is 0 Å². The topological polar surface area (TPSA) is 8.17 Å². The van der Waals surface area contributed by atoms with Gasteiger partial charge in [-0.05, 0) is 110 Å². The normalized spacial score (nSPS) is 11.3. The molecule has 0 radical (unpaired) electrons. The Morgan fingerprint density at radius 3 is 1.42 bits per heavy atom. The van der Waals surface area contributed by atoms with Gasteiger partial charge in [-0.1, -0.05) is 182 Å². The zero-order valence-corrected chi connectivity index (χ0v) is 33.0. The molecule has 0 bridgehead atoms. The first-order chi connectivity index (χ1) is 29.8. The van der Waals surface area contributed by atoms with Gasteiger partial charge in [0.05, 0.1) is 16.7 Å². The Labute approximate surface area is 350 Å². The summed E-state index contributed by atoms with van der Waals surface area (Å²) >= 11 is 0. The van der Waals surface area contributed by atoms with Gasteiger partial charge in [0.15, 0.2) is 0 Å². The molecule has 2 nitrogen and oxygen atoms in total. The molecule has 2 heteroatoms. The molecule has 0 N–H and O–H groups in total. The fourth-order valence-corrected chi connectivity index (χ4v) is 8.89. The van der Waals surface area contributed by atoms with Crippen LogP contribution in [0.25, 0.3) is 82.8 Å². The van der Waals surface area contributed by atoms with E-state index < -0.39 is 0 Å².